The van der Waals surface area contributed by atoms with Crippen molar-refractivity contribution in [2.45, 2.75) is 13.3 Å². The predicted octanol–water partition coefficient (Wildman–Crippen LogP) is 3.24. The number of pyridine rings is 1. The Bertz CT molecular complexity index is 998. The third-order valence-electron chi connectivity index (χ3n) is 4.54. The summed E-state index contributed by atoms with van der Waals surface area (Å²) in [6, 6.07) is 8.50. The van der Waals surface area contributed by atoms with Crippen LogP contribution in [0.3, 0.4) is 0 Å². The number of nitrogens with one attached hydrogen (secondary N) is 1. The summed E-state index contributed by atoms with van der Waals surface area (Å²) in [5.41, 5.74) is 1.08. The van der Waals surface area contributed by atoms with Crippen molar-refractivity contribution in [3.05, 3.63) is 46.1 Å². The third kappa shape index (κ3) is 4.83. The lowest BCUT2D eigenvalue weighted by molar-refractivity contribution is -0.151. The number of ether oxygens (including phenoxy) is 2. The van der Waals surface area contributed by atoms with Gasteiger partial charge in [-0.1, -0.05) is 35.3 Å². The molecule has 0 aliphatic carbocycles. The second kappa shape index (κ2) is 9.32. The zero-order valence-corrected chi connectivity index (χ0v) is 17.8. The molecule has 1 N–H and O–H groups in total. The van der Waals surface area contributed by atoms with E-state index >= 15 is 0 Å². The second-order valence-corrected chi connectivity index (χ2v) is 7.43. The summed E-state index contributed by atoms with van der Waals surface area (Å²) in [6.07, 6.45) is -0.0116. The molecule has 0 spiro atoms. The van der Waals surface area contributed by atoms with Crippen molar-refractivity contribution in [3.63, 3.8) is 0 Å². The molecular formula is C20H19Cl2N3O5. The quantitative estimate of drug-likeness (QED) is 0.676. The van der Waals surface area contributed by atoms with Crippen LogP contribution in [0.15, 0.2) is 30.3 Å². The van der Waals surface area contributed by atoms with Gasteiger partial charge < -0.3 is 19.7 Å². The molecule has 2 amide bonds. The van der Waals surface area contributed by atoms with Crippen LogP contribution < -0.4 is 15.0 Å². The minimum absolute atomic E-state index is 0.0116. The third-order valence-corrected chi connectivity index (χ3v) is 5.21. The van der Waals surface area contributed by atoms with E-state index in [1.165, 1.54) is 18.1 Å². The number of hydrogen-bond donors (Lipinski definition) is 1. The van der Waals surface area contributed by atoms with Crippen molar-refractivity contribution in [2.24, 2.45) is 5.92 Å². The van der Waals surface area contributed by atoms with Crippen molar-refractivity contribution in [1.82, 2.24) is 4.98 Å². The fraction of sp³-hybridized carbons (Fsp3) is 0.300. The molecule has 1 fully saturated rings. The standard InChI is InChI=1S/C20H19Cl2N3O5/c1-11-13(21)8-14(22)19(23-11)24-17(26)10-30-20(28)12-7-18(27)25(9-12)15-5-3-4-6-16(15)29-2/h3-6,8,12H,7,9-10H2,1-2H3,(H,23,24,26). The lowest BCUT2D eigenvalue weighted by atomic mass is 10.1. The first kappa shape index (κ1) is 21.9. The van der Waals surface area contributed by atoms with Gasteiger partial charge in [0.25, 0.3) is 5.91 Å². The molecule has 1 saturated heterocycles. The average Bonchev–Trinajstić information content (AvgIpc) is 3.11. The summed E-state index contributed by atoms with van der Waals surface area (Å²) in [5.74, 6) is -1.50. The molecule has 1 aromatic carbocycles. The fourth-order valence-corrected chi connectivity index (χ4v) is 3.43. The van der Waals surface area contributed by atoms with Gasteiger partial charge in [-0.3, -0.25) is 14.4 Å². The van der Waals surface area contributed by atoms with Crippen LogP contribution >= 0.6 is 23.2 Å². The molecule has 3 rings (SSSR count). The van der Waals surface area contributed by atoms with Crippen LogP contribution in [0.5, 0.6) is 5.75 Å². The van der Waals surface area contributed by atoms with Gasteiger partial charge in [-0.15, -0.1) is 0 Å². The van der Waals surface area contributed by atoms with Gasteiger partial charge in [0, 0.05) is 13.0 Å². The molecule has 10 heteroatoms. The van der Waals surface area contributed by atoms with Crippen LogP contribution in [0.25, 0.3) is 0 Å². The second-order valence-electron chi connectivity index (χ2n) is 6.62. The maximum atomic E-state index is 12.4. The number of hydrogen-bond acceptors (Lipinski definition) is 6. The number of halogens is 2. The smallest absolute Gasteiger partial charge is 0.311 e. The maximum Gasteiger partial charge on any atom is 0.311 e. The lowest BCUT2D eigenvalue weighted by Crippen LogP contribution is -2.28. The molecule has 1 aromatic heterocycles. The molecule has 158 valence electrons. The van der Waals surface area contributed by atoms with E-state index in [2.05, 4.69) is 10.3 Å². The average molecular weight is 452 g/mol. The number of methoxy groups -OCH3 is 1. The Kier molecular flexibility index (Phi) is 6.79. The summed E-state index contributed by atoms with van der Waals surface area (Å²) in [6.45, 7) is 1.28. The molecule has 1 unspecified atom stereocenters. The Hall–Kier alpha value is -2.84. The number of anilines is 2. The normalized spacial score (nSPS) is 15.8. The number of amides is 2. The van der Waals surface area contributed by atoms with E-state index in [0.29, 0.717) is 22.2 Å². The number of carbonyl (C=O) groups is 3. The van der Waals surface area contributed by atoms with Crippen molar-refractivity contribution in [2.75, 3.05) is 30.5 Å². The monoisotopic (exact) mass is 451 g/mol. The first-order valence-corrected chi connectivity index (χ1v) is 9.78. The number of benzene rings is 1. The Balaban J connectivity index is 1.57. The van der Waals surface area contributed by atoms with Crippen LogP contribution in [0, 0.1) is 12.8 Å². The molecule has 2 heterocycles. The van der Waals surface area contributed by atoms with Gasteiger partial charge >= 0.3 is 5.97 Å². The summed E-state index contributed by atoms with van der Waals surface area (Å²) in [4.78, 5) is 42.4. The molecule has 1 atom stereocenters. The van der Waals surface area contributed by atoms with Crippen LogP contribution in [0.1, 0.15) is 12.1 Å². The van der Waals surface area contributed by atoms with E-state index in [4.69, 9.17) is 32.7 Å². The highest BCUT2D eigenvalue weighted by molar-refractivity contribution is 6.36. The van der Waals surface area contributed by atoms with Crippen molar-refractivity contribution in [3.8, 4) is 5.75 Å². The molecule has 30 heavy (non-hydrogen) atoms. The van der Waals surface area contributed by atoms with Gasteiger partial charge in [-0.25, -0.2) is 4.98 Å². The topological polar surface area (TPSA) is 97.8 Å². The Labute approximate surface area is 183 Å². The molecule has 1 aliphatic rings. The Morgan fingerprint density at radius 3 is 2.73 bits per heavy atom. The number of para-hydroxylation sites is 2. The minimum atomic E-state index is -0.685. The summed E-state index contributed by atoms with van der Waals surface area (Å²) < 4.78 is 10.4. The van der Waals surface area contributed by atoms with E-state index in [-0.39, 0.29) is 29.7 Å². The van der Waals surface area contributed by atoms with Crippen molar-refractivity contribution in [1.29, 1.82) is 0 Å². The summed E-state index contributed by atoms with van der Waals surface area (Å²) in [7, 11) is 1.51. The number of aromatic nitrogens is 1. The lowest BCUT2D eigenvalue weighted by Gasteiger charge is -2.19. The van der Waals surface area contributed by atoms with E-state index < -0.39 is 24.4 Å². The zero-order valence-electron chi connectivity index (χ0n) is 16.3. The van der Waals surface area contributed by atoms with Crippen LogP contribution in [-0.2, 0) is 19.1 Å². The molecule has 0 radical (unpaired) electrons. The molecule has 0 bridgehead atoms. The largest absolute Gasteiger partial charge is 0.495 e. The van der Waals surface area contributed by atoms with E-state index in [1.807, 2.05) is 0 Å². The predicted molar refractivity (Wildman–Crippen MR) is 112 cm³/mol. The van der Waals surface area contributed by atoms with Gasteiger partial charge in [0.1, 0.15) is 5.75 Å². The number of carbonyl (C=O) groups excluding carboxylic acids is 3. The molecule has 1 aliphatic heterocycles. The molecule has 2 aromatic rings. The van der Waals surface area contributed by atoms with Crippen LogP contribution in [0.2, 0.25) is 10.0 Å². The number of aryl methyl sites for hydroxylation is 1. The van der Waals surface area contributed by atoms with E-state index in [0.717, 1.165) is 0 Å². The fourth-order valence-electron chi connectivity index (χ4n) is 3.02. The highest BCUT2D eigenvalue weighted by atomic mass is 35.5. The first-order chi connectivity index (χ1) is 14.3. The van der Waals surface area contributed by atoms with E-state index in [9.17, 15) is 14.4 Å². The Morgan fingerprint density at radius 1 is 1.27 bits per heavy atom. The first-order valence-electron chi connectivity index (χ1n) is 9.02. The zero-order chi connectivity index (χ0) is 21.8. The van der Waals surface area contributed by atoms with Gasteiger partial charge in [0.2, 0.25) is 5.91 Å². The van der Waals surface area contributed by atoms with E-state index in [1.54, 1.807) is 31.2 Å². The van der Waals surface area contributed by atoms with Gasteiger partial charge in [-0.05, 0) is 25.1 Å². The highest BCUT2D eigenvalue weighted by Crippen LogP contribution is 2.33. The molecule has 0 saturated carbocycles. The van der Waals surface area contributed by atoms with Gasteiger partial charge in [-0.2, -0.15) is 0 Å². The molecular weight excluding hydrogens is 433 g/mol. The molecule has 8 nitrogen and oxygen atoms in total. The Morgan fingerprint density at radius 2 is 2.00 bits per heavy atom. The van der Waals surface area contributed by atoms with Gasteiger partial charge in [0.05, 0.1) is 34.5 Å². The summed E-state index contributed by atoms with van der Waals surface area (Å²) in [5, 5.41) is 3.01. The van der Waals surface area contributed by atoms with Crippen molar-refractivity contribution < 1.29 is 23.9 Å². The number of nitrogens with zero attached hydrogens (tertiary/aromatic N) is 2. The van der Waals surface area contributed by atoms with Crippen molar-refractivity contribution >= 4 is 52.5 Å². The number of esters is 1. The highest BCUT2D eigenvalue weighted by Gasteiger charge is 2.37. The summed E-state index contributed by atoms with van der Waals surface area (Å²) >= 11 is 11.9. The number of rotatable bonds is 6. The van der Waals surface area contributed by atoms with Gasteiger partial charge in [0.15, 0.2) is 12.4 Å². The van der Waals surface area contributed by atoms with Crippen LogP contribution in [-0.4, -0.2) is 43.0 Å². The van der Waals surface area contributed by atoms with Crippen LogP contribution in [0.4, 0.5) is 11.5 Å². The SMILES string of the molecule is COc1ccccc1N1CC(C(=O)OCC(=O)Nc2nc(C)c(Cl)cc2Cl)CC1=O. The maximum absolute atomic E-state index is 12.4. The minimum Gasteiger partial charge on any atom is -0.495 e.